The number of aromatic nitrogens is 3. The number of hydrogen-bond acceptors (Lipinski definition) is 12. The molecule has 1 aliphatic rings. The molecule has 6 atom stereocenters. The lowest BCUT2D eigenvalue weighted by Crippen LogP contribution is -2.39. The first-order valence-corrected chi connectivity index (χ1v) is 10.2. The van der Waals surface area contributed by atoms with Gasteiger partial charge in [0.05, 0.1) is 13.7 Å². The number of likely N-dealkylation sites (N-methyl/N-ethyl adjacent to an activating group) is 1. The number of phosphoric acid groups is 1. The number of phosphoric ester groups is 1. The van der Waals surface area contributed by atoms with Crippen LogP contribution in [0.1, 0.15) is 20.1 Å². The third-order valence-corrected chi connectivity index (χ3v) is 5.13. The van der Waals surface area contributed by atoms with E-state index >= 15 is 0 Å². The SMILES string of the molecule is CCN(OC)[C@@H](C)C(=O)OP(=O)(O)OC[C@H]1O[C@@H](n2ncc(=O)[nH]c2=O)[C@H](O)[C@@H]1O. The predicted octanol–water partition coefficient (Wildman–Crippen LogP) is -2.52. The number of rotatable bonds is 9. The lowest BCUT2D eigenvalue weighted by Gasteiger charge is -2.24. The zero-order valence-electron chi connectivity index (χ0n) is 16.3. The molecule has 4 N–H and O–H groups in total. The van der Waals surface area contributed by atoms with E-state index in [2.05, 4.69) is 14.1 Å². The fraction of sp³-hybridized carbons (Fsp3) is 0.714. The number of carbonyl (C=O) groups is 1. The first-order chi connectivity index (χ1) is 14.0. The molecule has 2 rings (SSSR count). The summed E-state index contributed by atoms with van der Waals surface area (Å²) >= 11 is 0. The number of hydroxylamine groups is 2. The van der Waals surface area contributed by atoms with Gasteiger partial charge in [0.25, 0.3) is 5.56 Å². The molecule has 0 aliphatic carbocycles. The third kappa shape index (κ3) is 5.59. The molecule has 30 heavy (non-hydrogen) atoms. The Morgan fingerprint density at radius 3 is 2.67 bits per heavy atom. The number of aliphatic hydroxyl groups excluding tert-OH is 2. The van der Waals surface area contributed by atoms with Gasteiger partial charge in [-0.1, -0.05) is 6.92 Å². The smallest absolute Gasteiger partial charge is 0.387 e. The molecule has 1 aliphatic heterocycles. The Labute approximate surface area is 169 Å². The average molecular weight is 454 g/mol. The maximum Gasteiger partial charge on any atom is 0.529 e. The Morgan fingerprint density at radius 2 is 2.10 bits per heavy atom. The Hall–Kier alpha value is -1.97. The van der Waals surface area contributed by atoms with E-state index in [1.165, 1.54) is 19.1 Å². The Bertz CT molecular complexity index is 900. The first kappa shape index (κ1) is 24.3. The van der Waals surface area contributed by atoms with Crippen LogP contribution in [0.4, 0.5) is 0 Å². The summed E-state index contributed by atoms with van der Waals surface area (Å²) in [7, 11) is -3.59. The van der Waals surface area contributed by atoms with Gasteiger partial charge in [0, 0.05) is 6.54 Å². The van der Waals surface area contributed by atoms with Gasteiger partial charge in [-0.15, -0.1) is 0 Å². The summed E-state index contributed by atoms with van der Waals surface area (Å²) in [6.45, 7) is 2.59. The zero-order valence-corrected chi connectivity index (χ0v) is 17.2. The monoisotopic (exact) mass is 454 g/mol. The number of nitrogens with one attached hydrogen (secondary N) is 1. The predicted molar refractivity (Wildman–Crippen MR) is 95.8 cm³/mol. The van der Waals surface area contributed by atoms with Crippen molar-refractivity contribution in [3.63, 3.8) is 0 Å². The standard InChI is InChI=1S/C14H23N4O11P/c1-4-17(26-3)7(2)13(22)29-30(24,25)27-6-8-10(20)11(21)12(28-8)18-14(23)16-9(19)5-15-18/h5,7-8,10-12,20-21H,4,6H2,1-3H3,(H,24,25)(H,16,19,23)/t7-,8+,10+,11+,12+/m0/s1. The van der Waals surface area contributed by atoms with Gasteiger partial charge in [-0.25, -0.2) is 14.2 Å². The number of aliphatic hydroxyl groups is 2. The van der Waals surface area contributed by atoms with Crippen molar-refractivity contribution in [1.29, 1.82) is 0 Å². The summed E-state index contributed by atoms with van der Waals surface area (Å²) in [4.78, 5) is 51.4. The molecule has 2 heterocycles. The van der Waals surface area contributed by atoms with Crippen LogP contribution < -0.4 is 11.2 Å². The fourth-order valence-electron chi connectivity index (χ4n) is 2.67. The van der Waals surface area contributed by atoms with Crippen LogP contribution in [-0.2, 0) is 28.0 Å². The average Bonchev–Trinajstić information content (AvgIpc) is 2.95. The van der Waals surface area contributed by atoms with Crippen molar-refractivity contribution in [3.8, 4) is 0 Å². The van der Waals surface area contributed by atoms with Crippen molar-refractivity contribution in [2.45, 2.75) is 44.4 Å². The molecular weight excluding hydrogens is 431 g/mol. The summed E-state index contributed by atoms with van der Waals surface area (Å²) in [5.74, 6) is -1.10. The van der Waals surface area contributed by atoms with Crippen LogP contribution in [0.5, 0.6) is 0 Å². The van der Waals surface area contributed by atoms with E-state index in [1.54, 1.807) is 6.92 Å². The van der Waals surface area contributed by atoms with Gasteiger partial charge in [-0.05, 0) is 6.92 Å². The summed E-state index contributed by atoms with van der Waals surface area (Å²) in [6.07, 6.45) is -5.44. The Kier molecular flexibility index (Phi) is 8.01. The van der Waals surface area contributed by atoms with Crippen molar-refractivity contribution < 1.29 is 43.1 Å². The highest BCUT2D eigenvalue weighted by molar-refractivity contribution is 7.48. The van der Waals surface area contributed by atoms with Gasteiger partial charge < -0.3 is 24.3 Å². The fourth-order valence-corrected chi connectivity index (χ4v) is 3.44. The molecule has 1 aromatic rings. The van der Waals surface area contributed by atoms with Crippen LogP contribution in [0.2, 0.25) is 0 Å². The van der Waals surface area contributed by atoms with Crippen molar-refractivity contribution in [1.82, 2.24) is 19.8 Å². The molecule has 0 bridgehead atoms. The molecule has 0 saturated carbocycles. The van der Waals surface area contributed by atoms with E-state index in [1.807, 2.05) is 4.98 Å². The van der Waals surface area contributed by atoms with Gasteiger partial charge in [0.2, 0.25) is 0 Å². The highest BCUT2D eigenvalue weighted by Crippen LogP contribution is 2.45. The minimum atomic E-state index is -4.91. The van der Waals surface area contributed by atoms with Crippen LogP contribution in [0.3, 0.4) is 0 Å². The summed E-state index contributed by atoms with van der Waals surface area (Å²) in [6, 6.07) is -1.01. The minimum Gasteiger partial charge on any atom is -0.387 e. The number of ether oxygens (including phenoxy) is 1. The van der Waals surface area contributed by atoms with E-state index in [4.69, 9.17) is 9.57 Å². The van der Waals surface area contributed by atoms with Crippen molar-refractivity contribution in [2.75, 3.05) is 20.3 Å². The zero-order chi connectivity index (χ0) is 22.6. The number of aromatic amines is 1. The Morgan fingerprint density at radius 1 is 1.43 bits per heavy atom. The number of H-pyrrole nitrogens is 1. The quantitative estimate of drug-likeness (QED) is 0.225. The maximum absolute atomic E-state index is 12.0. The van der Waals surface area contributed by atoms with E-state index < -0.39 is 62.2 Å². The second kappa shape index (κ2) is 9.89. The summed E-state index contributed by atoms with van der Waals surface area (Å²) in [5.41, 5.74) is -1.79. The van der Waals surface area contributed by atoms with Gasteiger partial charge in [-0.3, -0.25) is 19.2 Å². The maximum atomic E-state index is 12.0. The number of nitrogens with zero attached hydrogens (tertiary/aromatic N) is 3. The highest BCUT2D eigenvalue weighted by atomic mass is 31.2. The molecular formula is C14H23N4O11P. The molecule has 0 amide bonds. The number of hydrogen-bond donors (Lipinski definition) is 4. The molecule has 16 heteroatoms. The van der Waals surface area contributed by atoms with E-state index in [-0.39, 0.29) is 0 Å². The highest BCUT2D eigenvalue weighted by Gasteiger charge is 2.46. The molecule has 1 fully saturated rings. The van der Waals surface area contributed by atoms with Crippen LogP contribution in [-0.4, -0.2) is 85.5 Å². The van der Waals surface area contributed by atoms with Crippen LogP contribution in [0.15, 0.2) is 15.8 Å². The van der Waals surface area contributed by atoms with E-state index in [0.717, 1.165) is 6.20 Å². The van der Waals surface area contributed by atoms with Crippen molar-refractivity contribution in [3.05, 3.63) is 27.0 Å². The lowest BCUT2D eigenvalue weighted by molar-refractivity contribution is -0.178. The molecule has 170 valence electrons. The minimum absolute atomic E-state index is 0.295. The molecule has 0 aromatic carbocycles. The van der Waals surface area contributed by atoms with Crippen molar-refractivity contribution in [2.24, 2.45) is 0 Å². The topological polar surface area (TPSA) is 203 Å². The van der Waals surface area contributed by atoms with E-state index in [9.17, 15) is 34.1 Å². The van der Waals surface area contributed by atoms with Crippen LogP contribution in [0, 0.1) is 0 Å². The molecule has 1 saturated heterocycles. The van der Waals surface area contributed by atoms with Crippen LogP contribution in [0.25, 0.3) is 0 Å². The summed E-state index contributed by atoms with van der Waals surface area (Å²) < 4.78 is 27.0. The first-order valence-electron chi connectivity index (χ1n) is 8.72. The molecule has 15 nitrogen and oxygen atoms in total. The van der Waals surface area contributed by atoms with Crippen molar-refractivity contribution >= 4 is 13.8 Å². The normalized spacial score (nSPS) is 27.0. The third-order valence-electron chi connectivity index (χ3n) is 4.24. The van der Waals surface area contributed by atoms with E-state index in [0.29, 0.717) is 11.2 Å². The Balaban J connectivity index is 2.01. The van der Waals surface area contributed by atoms with Crippen LogP contribution >= 0.6 is 7.82 Å². The van der Waals surface area contributed by atoms with Gasteiger partial charge in [0.15, 0.2) is 6.23 Å². The lowest BCUT2D eigenvalue weighted by atomic mass is 10.1. The largest absolute Gasteiger partial charge is 0.529 e. The molecule has 1 unspecified atom stereocenters. The van der Waals surface area contributed by atoms with Gasteiger partial charge >= 0.3 is 19.5 Å². The van der Waals surface area contributed by atoms with Gasteiger partial charge in [-0.2, -0.15) is 14.8 Å². The molecule has 1 aromatic heterocycles. The van der Waals surface area contributed by atoms with Gasteiger partial charge in [0.1, 0.15) is 30.6 Å². The second-order valence-corrected chi connectivity index (χ2v) is 7.57. The molecule has 0 spiro atoms. The number of carbonyl (C=O) groups excluding carboxylic acids is 1. The molecule has 0 radical (unpaired) electrons. The summed E-state index contributed by atoms with van der Waals surface area (Å²) in [5, 5.41) is 24.9. The second-order valence-electron chi connectivity index (χ2n) is 6.20.